The Kier molecular flexibility index (Phi) is 3.69. The fraction of sp³-hybridized carbons (Fsp3) is 0.312. The first kappa shape index (κ1) is 13.4. The summed E-state index contributed by atoms with van der Waals surface area (Å²) in [6, 6.07) is 8.96. The van der Waals surface area contributed by atoms with Gasteiger partial charge in [-0.05, 0) is 36.6 Å². The first-order valence-corrected chi connectivity index (χ1v) is 7.11. The average molecular weight is 280 g/mol. The minimum Gasteiger partial charge on any atom is -0.508 e. The Bertz CT molecular complexity index is 707. The summed E-state index contributed by atoms with van der Waals surface area (Å²) in [6.45, 7) is 0.867. The summed E-state index contributed by atoms with van der Waals surface area (Å²) >= 11 is 0. The highest BCUT2D eigenvalue weighted by Gasteiger charge is 2.17. The summed E-state index contributed by atoms with van der Waals surface area (Å²) in [6.07, 6.45) is 6.11. The zero-order chi connectivity index (χ0) is 14.7. The number of aryl methyl sites for hydroxylation is 1. The first-order chi connectivity index (χ1) is 10.3. The van der Waals surface area contributed by atoms with Crippen LogP contribution in [0.3, 0.4) is 0 Å². The average Bonchev–Trinajstić information content (AvgIpc) is 2.75. The molecule has 5 heteroatoms. The van der Waals surface area contributed by atoms with Crippen molar-refractivity contribution in [3.8, 4) is 11.8 Å². The summed E-state index contributed by atoms with van der Waals surface area (Å²) in [7, 11) is 0. The molecule has 3 rings (SSSR count). The third-order valence-corrected chi connectivity index (χ3v) is 3.67. The van der Waals surface area contributed by atoms with Crippen molar-refractivity contribution in [3.05, 3.63) is 41.5 Å². The number of aromatic hydroxyl groups is 1. The summed E-state index contributed by atoms with van der Waals surface area (Å²) in [5, 5.41) is 27.2. The van der Waals surface area contributed by atoms with Gasteiger partial charge in [0.25, 0.3) is 0 Å². The molecule has 0 radical (unpaired) electrons. The highest BCUT2D eigenvalue weighted by molar-refractivity contribution is 5.87. The summed E-state index contributed by atoms with van der Waals surface area (Å²) in [5.74, 6) is 1.82. The largest absolute Gasteiger partial charge is 0.508 e. The van der Waals surface area contributed by atoms with Crippen molar-refractivity contribution < 1.29 is 5.11 Å². The summed E-state index contributed by atoms with van der Waals surface area (Å²) in [5.41, 5.74) is 1.36. The number of aromatic nitrogens is 3. The SMILES string of the molecule is N#C/C(=C\c1ccc(O)cc1)c1nnc2n1CCCCC2. The van der Waals surface area contributed by atoms with Gasteiger partial charge >= 0.3 is 0 Å². The normalized spacial score (nSPS) is 15.1. The van der Waals surface area contributed by atoms with Crippen molar-refractivity contribution in [3.63, 3.8) is 0 Å². The summed E-state index contributed by atoms with van der Waals surface area (Å²) in [4.78, 5) is 0. The molecule has 21 heavy (non-hydrogen) atoms. The third kappa shape index (κ3) is 2.79. The number of nitriles is 1. The van der Waals surface area contributed by atoms with E-state index >= 15 is 0 Å². The second-order valence-corrected chi connectivity index (χ2v) is 5.16. The van der Waals surface area contributed by atoms with Crippen LogP contribution in [0.4, 0.5) is 0 Å². The Hall–Kier alpha value is -2.61. The third-order valence-electron chi connectivity index (χ3n) is 3.67. The Balaban J connectivity index is 1.99. The fourth-order valence-corrected chi connectivity index (χ4v) is 2.57. The molecule has 1 aromatic heterocycles. The summed E-state index contributed by atoms with van der Waals surface area (Å²) < 4.78 is 2.06. The van der Waals surface area contributed by atoms with Crippen molar-refractivity contribution in [2.75, 3.05) is 0 Å². The predicted octanol–water partition coefficient (Wildman–Crippen LogP) is 2.77. The van der Waals surface area contributed by atoms with Crippen LogP contribution in [0.5, 0.6) is 5.75 Å². The van der Waals surface area contributed by atoms with Gasteiger partial charge in [0.05, 0.1) is 5.57 Å². The lowest BCUT2D eigenvalue weighted by Crippen LogP contribution is -2.05. The maximum absolute atomic E-state index is 9.44. The number of allylic oxidation sites excluding steroid dienone is 1. The highest BCUT2D eigenvalue weighted by atomic mass is 16.3. The highest BCUT2D eigenvalue weighted by Crippen LogP contribution is 2.22. The number of phenolic OH excluding ortho intramolecular Hbond substituents is 1. The molecule has 1 aliphatic heterocycles. The van der Waals surface area contributed by atoms with Gasteiger partial charge in [-0.25, -0.2) is 0 Å². The van der Waals surface area contributed by atoms with E-state index in [0.717, 1.165) is 37.2 Å². The molecule has 2 aromatic rings. The zero-order valence-corrected chi connectivity index (χ0v) is 11.7. The van der Waals surface area contributed by atoms with Gasteiger partial charge in [-0.2, -0.15) is 5.26 Å². The molecule has 0 unspecified atom stereocenters. The van der Waals surface area contributed by atoms with Gasteiger partial charge in [0.1, 0.15) is 17.6 Å². The van der Waals surface area contributed by atoms with Crippen LogP contribution in [0.15, 0.2) is 24.3 Å². The number of phenols is 1. The molecule has 0 atom stereocenters. The molecule has 1 N–H and O–H groups in total. The maximum atomic E-state index is 9.44. The lowest BCUT2D eigenvalue weighted by molar-refractivity contribution is 0.475. The number of benzene rings is 1. The molecule has 0 aliphatic carbocycles. The molecule has 2 heterocycles. The van der Waals surface area contributed by atoms with E-state index in [1.54, 1.807) is 30.3 Å². The van der Waals surface area contributed by atoms with Crippen molar-refractivity contribution in [1.82, 2.24) is 14.8 Å². The number of hydrogen-bond donors (Lipinski definition) is 1. The van der Waals surface area contributed by atoms with Crippen LogP contribution in [0, 0.1) is 11.3 Å². The van der Waals surface area contributed by atoms with E-state index in [9.17, 15) is 10.4 Å². The Morgan fingerprint density at radius 1 is 1.19 bits per heavy atom. The quantitative estimate of drug-likeness (QED) is 0.858. The molecule has 5 nitrogen and oxygen atoms in total. The molecule has 0 amide bonds. The number of nitrogens with zero attached hydrogens (tertiary/aromatic N) is 4. The van der Waals surface area contributed by atoms with E-state index in [4.69, 9.17) is 0 Å². The van der Waals surface area contributed by atoms with E-state index in [1.165, 1.54) is 6.42 Å². The number of rotatable bonds is 2. The molecule has 0 fully saturated rings. The predicted molar refractivity (Wildman–Crippen MR) is 79.2 cm³/mol. The second-order valence-electron chi connectivity index (χ2n) is 5.16. The molecule has 106 valence electrons. The van der Waals surface area contributed by atoms with Crippen LogP contribution in [-0.2, 0) is 13.0 Å². The van der Waals surface area contributed by atoms with Crippen LogP contribution >= 0.6 is 0 Å². The van der Waals surface area contributed by atoms with Gasteiger partial charge in [-0.15, -0.1) is 10.2 Å². The minimum absolute atomic E-state index is 0.210. The molecular formula is C16H16N4O. The molecule has 0 saturated carbocycles. The monoisotopic (exact) mass is 280 g/mol. The fourth-order valence-electron chi connectivity index (χ4n) is 2.57. The number of fused-ring (bicyclic) bond motifs is 1. The maximum Gasteiger partial charge on any atom is 0.174 e. The van der Waals surface area contributed by atoms with Crippen molar-refractivity contribution >= 4 is 11.6 Å². The van der Waals surface area contributed by atoms with Crippen molar-refractivity contribution in [2.24, 2.45) is 0 Å². The van der Waals surface area contributed by atoms with Gasteiger partial charge < -0.3 is 9.67 Å². The van der Waals surface area contributed by atoms with Crippen molar-refractivity contribution in [1.29, 1.82) is 5.26 Å². The first-order valence-electron chi connectivity index (χ1n) is 7.11. The molecule has 0 saturated heterocycles. The van der Waals surface area contributed by atoms with E-state index < -0.39 is 0 Å². The Morgan fingerprint density at radius 3 is 2.76 bits per heavy atom. The molecular weight excluding hydrogens is 264 g/mol. The number of hydrogen-bond acceptors (Lipinski definition) is 4. The van der Waals surface area contributed by atoms with Crippen LogP contribution in [0.1, 0.15) is 36.5 Å². The van der Waals surface area contributed by atoms with Crippen molar-refractivity contribution in [2.45, 2.75) is 32.2 Å². The van der Waals surface area contributed by atoms with Gasteiger partial charge in [0.15, 0.2) is 5.82 Å². The van der Waals surface area contributed by atoms with E-state index in [1.807, 2.05) is 0 Å². The Labute approximate surface area is 123 Å². The van der Waals surface area contributed by atoms with E-state index in [2.05, 4.69) is 20.8 Å². The van der Waals surface area contributed by atoms with Crippen LogP contribution in [-0.4, -0.2) is 19.9 Å². The standard InChI is InChI=1S/C16H16N4O/c17-11-13(10-12-5-7-14(21)8-6-12)16-19-18-15-4-2-1-3-9-20(15)16/h5-8,10,21H,1-4,9H2/b13-10+. The lowest BCUT2D eigenvalue weighted by atomic mass is 10.1. The smallest absolute Gasteiger partial charge is 0.174 e. The molecule has 0 bridgehead atoms. The minimum atomic E-state index is 0.210. The van der Waals surface area contributed by atoms with E-state index in [0.29, 0.717) is 11.4 Å². The van der Waals surface area contributed by atoms with Crippen LogP contribution in [0.2, 0.25) is 0 Å². The zero-order valence-electron chi connectivity index (χ0n) is 11.7. The van der Waals surface area contributed by atoms with Gasteiger partial charge in [-0.1, -0.05) is 18.6 Å². The van der Waals surface area contributed by atoms with E-state index in [-0.39, 0.29) is 5.75 Å². The Morgan fingerprint density at radius 2 is 2.00 bits per heavy atom. The topological polar surface area (TPSA) is 74.7 Å². The van der Waals surface area contributed by atoms with Gasteiger partial charge in [0, 0.05) is 13.0 Å². The lowest BCUT2D eigenvalue weighted by Gasteiger charge is -2.05. The second kappa shape index (κ2) is 5.80. The molecule has 0 spiro atoms. The van der Waals surface area contributed by atoms with Gasteiger partial charge in [0.2, 0.25) is 0 Å². The van der Waals surface area contributed by atoms with Crippen LogP contribution in [0.25, 0.3) is 11.6 Å². The molecule has 1 aliphatic rings. The van der Waals surface area contributed by atoms with Crippen LogP contribution < -0.4 is 0 Å². The van der Waals surface area contributed by atoms with Gasteiger partial charge in [-0.3, -0.25) is 0 Å². The molecule has 1 aromatic carbocycles.